The number of aromatic amines is 1. The van der Waals surface area contributed by atoms with Crippen molar-refractivity contribution in [3.8, 4) is 11.4 Å². The Hall–Kier alpha value is -3.06. The molecule has 3 aromatic rings. The highest BCUT2D eigenvalue weighted by atomic mass is 16.5. The van der Waals surface area contributed by atoms with E-state index in [0.29, 0.717) is 18.8 Å². The number of morpholine rings is 1. The van der Waals surface area contributed by atoms with Crippen LogP contribution in [0.5, 0.6) is 0 Å². The normalized spacial score (nSPS) is 17.1. The van der Waals surface area contributed by atoms with E-state index in [1.54, 1.807) is 6.07 Å². The first-order valence-corrected chi connectivity index (χ1v) is 9.07. The number of hydrogen-bond donors (Lipinski definition) is 2. The zero-order chi connectivity index (χ0) is 18.6. The van der Waals surface area contributed by atoms with Gasteiger partial charge in [0.15, 0.2) is 0 Å². The average Bonchev–Trinajstić information content (AvgIpc) is 3.36. The van der Waals surface area contributed by atoms with Gasteiger partial charge in [0.05, 0.1) is 18.4 Å². The summed E-state index contributed by atoms with van der Waals surface area (Å²) >= 11 is 0. The number of carbonyl (C=O) groups is 1. The van der Waals surface area contributed by atoms with Crippen LogP contribution in [0.4, 0.5) is 5.69 Å². The standard InChI is InChI=1S/C20H23N5O2/c1-24-9-5-8-19(24)17-12-18(23-22-17)20(26)21-13-16-14-25(10-11-27-16)15-6-3-2-4-7-15/h2-9,12,16H,10-11,13-14H2,1H3,(H,21,26)(H,22,23)/t16-/m0/s1. The molecule has 27 heavy (non-hydrogen) atoms. The van der Waals surface area contributed by atoms with E-state index in [1.807, 2.05) is 48.1 Å². The third-order valence-electron chi connectivity index (χ3n) is 4.78. The number of rotatable bonds is 5. The molecule has 3 heterocycles. The van der Waals surface area contributed by atoms with Crippen molar-refractivity contribution in [2.45, 2.75) is 6.10 Å². The number of aromatic nitrogens is 3. The maximum atomic E-state index is 12.4. The Bertz CT molecular complexity index is 902. The molecule has 1 aliphatic rings. The van der Waals surface area contributed by atoms with Crippen LogP contribution in [0.2, 0.25) is 0 Å². The van der Waals surface area contributed by atoms with Crippen molar-refractivity contribution in [1.29, 1.82) is 0 Å². The van der Waals surface area contributed by atoms with E-state index in [0.717, 1.165) is 24.5 Å². The van der Waals surface area contributed by atoms with E-state index in [-0.39, 0.29) is 12.0 Å². The molecule has 0 bridgehead atoms. The van der Waals surface area contributed by atoms with Gasteiger partial charge in [0.2, 0.25) is 0 Å². The lowest BCUT2D eigenvalue weighted by atomic mass is 10.2. The molecule has 1 amide bonds. The van der Waals surface area contributed by atoms with Crippen LogP contribution in [-0.2, 0) is 11.8 Å². The molecule has 0 unspecified atom stereocenters. The maximum Gasteiger partial charge on any atom is 0.269 e. The molecule has 140 valence electrons. The number of amides is 1. The van der Waals surface area contributed by atoms with E-state index >= 15 is 0 Å². The highest BCUT2D eigenvalue weighted by Crippen LogP contribution is 2.18. The van der Waals surface area contributed by atoms with Gasteiger partial charge in [0, 0.05) is 38.6 Å². The average molecular weight is 365 g/mol. The van der Waals surface area contributed by atoms with Gasteiger partial charge in [-0.2, -0.15) is 5.10 Å². The number of H-pyrrole nitrogens is 1. The largest absolute Gasteiger partial charge is 0.373 e. The van der Waals surface area contributed by atoms with Crippen LogP contribution >= 0.6 is 0 Å². The third-order valence-corrected chi connectivity index (χ3v) is 4.78. The number of ether oxygens (including phenoxy) is 1. The summed E-state index contributed by atoms with van der Waals surface area (Å²) < 4.78 is 7.77. The molecule has 1 aromatic carbocycles. The number of hydrogen-bond acceptors (Lipinski definition) is 4. The van der Waals surface area contributed by atoms with Crippen molar-refractivity contribution < 1.29 is 9.53 Å². The number of para-hydroxylation sites is 1. The van der Waals surface area contributed by atoms with Crippen LogP contribution in [0.3, 0.4) is 0 Å². The van der Waals surface area contributed by atoms with Gasteiger partial charge in [-0.1, -0.05) is 18.2 Å². The fourth-order valence-corrected chi connectivity index (χ4v) is 3.31. The minimum Gasteiger partial charge on any atom is -0.373 e. The first-order valence-electron chi connectivity index (χ1n) is 9.07. The molecule has 2 N–H and O–H groups in total. The van der Waals surface area contributed by atoms with Gasteiger partial charge < -0.3 is 19.5 Å². The zero-order valence-electron chi connectivity index (χ0n) is 15.3. The minimum absolute atomic E-state index is 0.0434. The van der Waals surface area contributed by atoms with Gasteiger partial charge >= 0.3 is 0 Å². The van der Waals surface area contributed by atoms with Crippen molar-refractivity contribution >= 4 is 11.6 Å². The van der Waals surface area contributed by atoms with Crippen molar-refractivity contribution in [1.82, 2.24) is 20.1 Å². The Balaban J connectivity index is 1.34. The molecule has 0 saturated carbocycles. The Morgan fingerprint density at radius 3 is 2.93 bits per heavy atom. The molecule has 1 saturated heterocycles. The van der Waals surface area contributed by atoms with E-state index < -0.39 is 0 Å². The molecule has 7 heteroatoms. The monoisotopic (exact) mass is 365 g/mol. The van der Waals surface area contributed by atoms with Gasteiger partial charge in [0.25, 0.3) is 5.91 Å². The van der Waals surface area contributed by atoms with Gasteiger partial charge in [-0.3, -0.25) is 9.89 Å². The zero-order valence-corrected chi connectivity index (χ0v) is 15.3. The molecule has 0 radical (unpaired) electrons. The first kappa shape index (κ1) is 17.4. The lowest BCUT2D eigenvalue weighted by molar-refractivity contribution is 0.0396. The Morgan fingerprint density at radius 1 is 1.30 bits per heavy atom. The number of anilines is 1. The Labute approximate surface area is 157 Å². The van der Waals surface area contributed by atoms with Gasteiger partial charge in [-0.25, -0.2) is 0 Å². The van der Waals surface area contributed by atoms with Crippen LogP contribution < -0.4 is 10.2 Å². The summed E-state index contributed by atoms with van der Waals surface area (Å²) in [5.74, 6) is -0.177. The predicted octanol–water partition coefficient (Wildman–Crippen LogP) is 2.05. The number of nitrogens with one attached hydrogen (secondary N) is 2. The van der Waals surface area contributed by atoms with E-state index in [1.165, 1.54) is 5.69 Å². The molecular weight excluding hydrogens is 342 g/mol. The second kappa shape index (κ2) is 7.67. The van der Waals surface area contributed by atoms with Crippen molar-refractivity contribution in [3.63, 3.8) is 0 Å². The summed E-state index contributed by atoms with van der Waals surface area (Å²) in [4.78, 5) is 14.7. The topological polar surface area (TPSA) is 75.2 Å². The molecule has 0 spiro atoms. The Morgan fingerprint density at radius 2 is 2.15 bits per heavy atom. The molecule has 1 aliphatic heterocycles. The summed E-state index contributed by atoms with van der Waals surface area (Å²) in [6, 6.07) is 15.9. The molecule has 2 aromatic heterocycles. The maximum absolute atomic E-state index is 12.4. The summed E-state index contributed by atoms with van der Waals surface area (Å²) in [5.41, 5.74) is 3.33. The minimum atomic E-state index is -0.177. The molecular formula is C20H23N5O2. The van der Waals surface area contributed by atoms with Gasteiger partial charge in [-0.15, -0.1) is 0 Å². The molecule has 7 nitrogen and oxygen atoms in total. The summed E-state index contributed by atoms with van der Waals surface area (Å²) in [7, 11) is 1.95. The highest BCUT2D eigenvalue weighted by Gasteiger charge is 2.22. The number of benzene rings is 1. The summed E-state index contributed by atoms with van der Waals surface area (Å²) in [6.07, 6.45) is 1.90. The van der Waals surface area contributed by atoms with Crippen LogP contribution in [0.1, 0.15) is 10.5 Å². The SMILES string of the molecule is Cn1cccc1-c1cc(C(=O)NC[C@H]2CN(c3ccccc3)CCO2)[nH]n1. The summed E-state index contributed by atoms with van der Waals surface area (Å²) in [6.45, 7) is 2.72. The third kappa shape index (κ3) is 3.88. The molecule has 1 fully saturated rings. The second-order valence-electron chi connectivity index (χ2n) is 6.66. The smallest absolute Gasteiger partial charge is 0.269 e. The highest BCUT2D eigenvalue weighted by molar-refractivity contribution is 5.93. The fourth-order valence-electron chi connectivity index (χ4n) is 3.31. The number of carbonyl (C=O) groups excluding carboxylic acids is 1. The van der Waals surface area contributed by atoms with E-state index in [2.05, 4.69) is 32.5 Å². The number of aryl methyl sites for hydroxylation is 1. The second-order valence-corrected chi connectivity index (χ2v) is 6.66. The van der Waals surface area contributed by atoms with E-state index in [4.69, 9.17) is 4.74 Å². The number of nitrogens with zero attached hydrogens (tertiary/aromatic N) is 3. The van der Waals surface area contributed by atoms with Crippen LogP contribution in [0, 0.1) is 0 Å². The molecule has 4 rings (SSSR count). The van der Waals surface area contributed by atoms with Crippen molar-refractivity contribution in [2.24, 2.45) is 7.05 Å². The fraction of sp³-hybridized carbons (Fsp3) is 0.300. The lowest BCUT2D eigenvalue weighted by Gasteiger charge is -2.34. The summed E-state index contributed by atoms with van der Waals surface area (Å²) in [5, 5.41) is 10.0. The van der Waals surface area contributed by atoms with Gasteiger partial charge in [0.1, 0.15) is 11.4 Å². The van der Waals surface area contributed by atoms with Gasteiger partial charge in [-0.05, 0) is 30.3 Å². The van der Waals surface area contributed by atoms with Crippen molar-refractivity contribution in [2.75, 3.05) is 31.1 Å². The molecule has 1 atom stereocenters. The van der Waals surface area contributed by atoms with Crippen LogP contribution in [-0.4, -0.2) is 53.0 Å². The predicted molar refractivity (Wildman–Crippen MR) is 104 cm³/mol. The van der Waals surface area contributed by atoms with E-state index in [9.17, 15) is 4.79 Å². The Kier molecular flexibility index (Phi) is 4.93. The van der Waals surface area contributed by atoms with Crippen molar-refractivity contribution in [3.05, 3.63) is 60.4 Å². The lowest BCUT2D eigenvalue weighted by Crippen LogP contribution is -2.47. The quantitative estimate of drug-likeness (QED) is 0.726. The molecule has 0 aliphatic carbocycles. The van der Waals surface area contributed by atoms with Crippen LogP contribution in [0.15, 0.2) is 54.7 Å². The first-order chi connectivity index (χ1) is 13.2. The van der Waals surface area contributed by atoms with Crippen LogP contribution in [0.25, 0.3) is 11.4 Å².